The van der Waals surface area contributed by atoms with Gasteiger partial charge in [0.25, 0.3) is 17.6 Å². The summed E-state index contributed by atoms with van der Waals surface area (Å²) in [7, 11) is -3.75. The Labute approximate surface area is 173 Å². The molecule has 0 radical (unpaired) electrons. The molecular weight excluding hydrogens is 417 g/mol. The number of carbonyl (C=O) groups is 3. The van der Waals surface area contributed by atoms with Gasteiger partial charge in [-0.2, -0.15) is 0 Å². The van der Waals surface area contributed by atoms with Crippen LogP contribution in [-0.4, -0.2) is 67.8 Å². The maximum atomic E-state index is 13.5. The minimum atomic E-state index is -3.75. The number of hydrogen-bond acceptors (Lipinski definition) is 7. The number of carbonyl (C=O) groups excluding carboxylic acids is 3. The van der Waals surface area contributed by atoms with E-state index >= 15 is 0 Å². The molecule has 0 bridgehead atoms. The minimum absolute atomic E-state index is 0.147. The molecule has 0 saturated carbocycles. The molecule has 1 saturated heterocycles. The fourth-order valence-electron chi connectivity index (χ4n) is 3.38. The van der Waals surface area contributed by atoms with E-state index in [1.807, 2.05) is 0 Å². The van der Waals surface area contributed by atoms with Gasteiger partial charge in [0.15, 0.2) is 15.9 Å². The first kappa shape index (κ1) is 22.0. The molecule has 9 nitrogen and oxygen atoms in total. The number of benzene rings is 1. The highest BCUT2D eigenvalue weighted by atomic mass is 32.2. The van der Waals surface area contributed by atoms with Crippen LogP contribution in [0.3, 0.4) is 0 Å². The highest BCUT2D eigenvalue weighted by Gasteiger charge is 2.46. The molecule has 2 amide bonds. The summed E-state index contributed by atoms with van der Waals surface area (Å²) in [5, 5.41) is 2.42. The van der Waals surface area contributed by atoms with Crippen molar-refractivity contribution in [3.63, 3.8) is 0 Å². The van der Waals surface area contributed by atoms with Gasteiger partial charge in [-0.15, -0.1) is 0 Å². The van der Waals surface area contributed by atoms with E-state index in [1.165, 1.54) is 11.0 Å². The number of amidine groups is 1. The molecule has 1 aromatic carbocycles. The van der Waals surface area contributed by atoms with E-state index in [1.54, 1.807) is 13.8 Å². The van der Waals surface area contributed by atoms with Gasteiger partial charge in [0, 0.05) is 26.0 Å². The summed E-state index contributed by atoms with van der Waals surface area (Å²) in [5.41, 5.74) is -0.819. The lowest BCUT2D eigenvalue weighted by atomic mass is 10.0. The van der Waals surface area contributed by atoms with Crippen LogP contribution >= 0.6 is 0 Å². The minimum Gasteiger partial charge on any atom is -0.368 e. The number of sulfone groups is 1. The molecular formula is C19H22FN3O6S. The van der Waals surface area contributed by atoms with Gasteiger partial charge in [0.05, 0.1) is 4.90 Å². The van der Waals surface area contributed by atoms with E-state index in [0.29, 0.717) is 13.0 Å². The molecule has 0 aromatic heterocycles. The average Bonchev–Trinajstić information content (AvgIpc) is 2.80. The number of halogens is 1. The number of nitrogens with one attached hydrogen (secondary N) is 1. The van der Waals surface area contributed by atoms with E-state index in [4.69, 9.17) is 4.74 Å². The second kappa shape index (κ2) is 7.88. The molecule has 2 heterocycles. The molecule has 0 spiro atoms. The summed E-state index contributed by atoms with van der Waals surface area (Å²) in [6.45, 7) is 3.74. The van der Waals surface area contributed by atoms with Crippen LogP contribution in [-0.2, 0) is 35.5 Å². The monoisotopic (exact) mass is 439 g/mol. The van der Waals surface area contributed by atoms with Crippen LogP contribution in [0.25, 0.3) is 0 Å². The Morgan fingerprint density at radius 3 is 2.73 bits per heavy atom. The number of hydrogen-bond donors (Lipinski definition) is 1. The summed E-state index contributed by atoms with van der Waals surface area (Å²) in [5.74, 6) is -3.21. The number of Topliss-reactive ketones (excluding diaryl/α,β-unsaturated/α-hetero) is 1. The van der Waals surface area contributed by atoms with Gasteiger partial charge in [-0.1, -0.05) is 6.07 Å². The molecule has 3 rings (SSSR count). The maximum Gasteiger partial charge on any atom is 0.298 e. The lowest BCUT2D eigenvalue weighted by molar-refractivity contribution is -0.146. The summed E-state index contributed by atoms with van der Waals surface area (Å²) >= 11 is 0. The van der Waals surface area contributed by atoms with Crippen LogP contribution in [0.15, 0.2) is 28.1 Å². The Morgan fingerprint density at radius 1 is 1.37 bits per heavy atom. The van der Waals surface area contributed by atoms with E-state index in [2.05, 4.69) is 10.3 Å². The standard InChI is InChI=1S/C19H22FN3O6S/c1-19(2)18-22-14(15(24)17(26)23(18)7-4-8-29-19)16(25)21-10-11-5-6-12(20)9-13(11)30(3,27)28/h5-6,9,14H,4,7-8,10H2,1-3H3,(H,21,25). The topological polar surface area (TPSA) is 122 Å². The van der Waals surface area contributed by atoms with Crippen molar-refractivity contribution in [2.24, 2.45) is 4.99 Å². The van der Waals surface area contributed by atoms with Gasteiger partial charge in [-0.05, 0) is 38.0 Å². The molecule has 1 unspecified atom stereocenters. The summed E-state index contributed by atoms with van der Waals surface area (Å²) < 4.78 is 42.9. The Hall–Kier alpha value is -2.66. The number of ketones is 1. The SMILES string of the molecule is CC1(C)OCCCN2C(=O)C(=O)C(C(=O)NCc3ccc(F)cc3S(C)(=O)=O)N=C21. The van der Waals surface area contributed by atoms with Crippen molar-refractivity contribution in [2.45, 2.75) is 43.4 Å². The van der Waals surface area contributed by atoms with Crippen LogP contribution in [0.4, 0.5) is 4.39 Å². The first-order chi connectivity index (χ1) is 13.9. The highest BCUT2D eigenvalue weighted by Crippen LogP contribution is 2.24. The molecule has 11 heteroatoms. The first-order valence-electron chi connectivity index (χ1n) is 9.26. The summed E-state index contributed by atoms with van der Waals surface area (Å²) in [6.07, 6.45) is 1.45. The van der Waals surface area contributed by atoms with E-state index < -0.39 is 44.9 Å². The zero-order valence-electron chi connectivity index (χ0n) is 16.8. The van der Waals surface area contributed by atoms with E-state index in [-0.39, 0.29) is 29.4 Å². The molecule has 30 heavy (non-hydrogen) atoms. The van der Waals surface area contributed by atoms with Crippen LogP contribution < -0.4 is 5.32 Å². The normalized spacial score (nSPS) is 21.5. The van der Waals surface area contributed by atoms with Gasteiger partial charge in [0.2, 0.25) is 0 Å². The van der Waals surface area contributed by atoms with Crippen molar-refractivity contribution in [3.8, 4) is 0 Å². The first-order valence-corrected chi connectivity index (χ1v) is 11.1. The van der Waals surface area contributed by atoms with Gasteiger partial charge in [-0.3, -0.25) is 19.3 Å². The van der Waals surface area contributed by atoms with Crippen molar-refractivity contribution in [1.29, 1.82) is 0 Å². The Kier molecular flexibility index (Phi) is 5.79. The van der Waals surface area contributed by atoms with Gasteiger partial charge < -0.3 is 10.1 Å². The molecule has 1 fully saturated rings. The van der Waals surface area contributed by atoms with Crippen molar-refractivity contribution in [3.05, 3.63) is 29.6 Å². The molecule has 1 atom stereocenters. The smallest absolute Gasteiger partial charge is 0.298 e. The van der Waals surface area contributed by atoms with Crippen molar-refractivity contribution in [2.75, 3.05) is 19.4 Å². The molecule has 1 N–H and O–H groups in total. The second-order valence-electron chi connectivity index (χ2n) is 7.63. The Balaban J connectivity index is 1.86. The highest BCUT2D eigenvalue weighted by molar-refractivity contribution is 7.90. The van der Waals surface area contributed by atoms with Crippen molar-refractivity contribution < 1.29 is 31.9 Å². The van der Waals surface area contributed by atoms with Gasteiger partial charge in [0.1, 0.15) is 17.3 Å². The van der Waals surface area contributed by atoms with Gasteiger partial charge >= 0.3 is 0 Å². The fraction of sp³-hybridized carbons (Fsp3) is 0.474. The predicted molar refractivity (Wildman–Crippen MR) is 104 cm³/mol. The maximum absolute atomic E-state index is 13.5. The lowest BCUT2D eigenvalue weighted by Crippen LogP contribution is -2.58. The summed E-state index contributed by atoms with van der Waals surface area (Å²) in [6, 6.07) is 1.55. The third-order valence-electron chi connectivity index (χ3n) is 4.87. The third-order valence-corrected chi connectivity index (χ3v) is 6.05. The molecule has 0 aliphatic carbocycles. The van der Waals surface area contributed by atoms with Crippen LogP contribution in [0, 0.1) is 5.82 Å². The molecule has 1 aromatic rings. The third kappa shape index (κ3) is 4.26. The molecule has 2 aliphatic rings. The second-order valence-corrected chi connectivity index (χ2v) is 9.61. The summed E-state index contributed by atoms with van der Waals surface area (Å²) in [4.78, 5) is 42.9. The number of amides is 2. The predicted octanol–water partition coefficient (Wildman–Crippen LogP) is 0.223. The Morgan fingerprint density at radius 2 is 2.07 bits per heavy atom. The quantitative estimate of drug-likeness (QED) is 0.529. The molecule has 162 valence electrons. The van der Waals surface area contributed by atoms with E-state index in [9.17, 15) is 27.2 Å². The van der Waals surface area contributed by atoms with Crippen molar-refractivity contribution >= 4 is 33.3 Å². The largest absolute Gasteiger partial charge is 0.368 e. The van der Waals surface area contributed by atoms with Gasteiger partial charge in [-0.25, -0.2) is 17.8 Å². The number of ether oxygens (including phenoxy) is 1. The van der Waals surface area contributed by atoms with Crippen molar-refractivity contribution in [1.82, 2.24) is 10.2 Å². The average molecular weight is 439 g/mol. The van der Waals surface area contributed by atoms with Crippen LogP contribution in [0.2, 0.25) is 0 Å². The number of nitrogens with zero attached hydrogens (tertiary/aromatic N) is 2. The number of rotatable bonds is 4. The van der Waals surface area contributed by atoms with E-state index in [0.717, 1.165) is 18.4 Å². The van der Waals surface area contributed by atoms with Crippen LogP contribution in [0.1, 0.15) is 25.8 Å². The number of aliphatic imine (C=N–C) groups is 1. The van der Waals surface area contributed by atoms with Crippen LogP contribution in [0.5, 0.6) is 0 Å². The zero-order chi connectivity index (χ0) is 22.3. The lowest BCUT2D eigenvalue weighted by Gasteiger charge is -2.34. The zero-order valence-corrected chi connectivity index (χ0v) is 17.6. The molecule has 2 aliphatic heterocycles. The fourth-order valence-corrected chi connectivity index (χ4v) is 4.32. The Bertz CT molecular complexity index is 1050. The number of fused-ring (bicyclic) bond motifs is 1.